The monoisotopic (exact) mass is 353 g/mol. The van der Waals surface area contributed by atoms with Gasteiger partial charge in [0.15, 0.2) is 0 Å². The summed E-state index contributed by atoms with van der Waals surface area (Å²) < 4.78 is 5.28. The maximum Gasteiger partial charge on any atom is 0.415 e. The molecule has 128 valence electrons. The van der Waals surface area contributed by atoms with Crippen LogP contribution < -0.4 is 0 Å². The van der Waals surface area contributed by atoms with Crippen LogP contribution in [0.25, 0.3) is 0 Å². The molecule has 3 aliphatic heterocycles. The molecule has 0 aromatic rings. The minimum Gasteiger partial charge on any atom is -0.419 e. The quantitative estimate of drug-likeness (QED) is 0.525. The minimum atomic E-state index is -0.218. The van der Waals surface area contributed by atoms with E-state index in [-0.39, 0.29) is 16.2 Å². The molecule has 2 atom stereocenters. The Kier molecular flexibility index (Phi) is 5.36. The van der Waals surface area contributed by atoms with Crippen LogP contribution in [0, 0.1) is 5.92 Å². The van der Waals surface area contributed by atoms with Gasteiger partial charge in [-0.1, -0.05) is 26.5 Å². The van der Waals surface area contributed by atoms with Crippen LogP contribution in [0.15, 0.2) is 24.5 Å². The largest absolute Gasteiger partial charge is 0.419 e. The van der Waals surface area contributed by atoms with Crippen molar-refractivity contribution in [1.29, 1.82) is 0 Å². The molecule has 3 rings (SSSR count). The standard InChI is InChI=1S/C18H27NO2S2/c1-4-21-17(20)19-14-7-5-8-15(16(19)10-9-14)18(13(2)3)22-11-6-12-23-18/h4,8,13-14,16H,1,5-7,9-12H2,2-3H3/t14-,16-/m1/s1. The second kappa shape index (κ2) is 7.14. The van der Waals surface area contributed by atoms with Crippen LogP contribution in [0.1, 0.15) is 46.0 Å². The number of ether oxygens (including phenoxy) is 1. The second-order valence-corrected chi connectivity index (χ2v) is 9.75. The lowest BCUT2D eigenvalue weighted by atomic mass is 9.91. The zero-order valence-corrected chi connectivity index (χ0v) is 15.8. The first-order valence-electron chi connectivity index (χ1n) is 8.68. The van der Waals surface area contributed by atoms with Gasteiger partial charge < -0.3 is 4.74 Å². The summed E-state index contributed by atoms with van der Waals surface area (Å²) in [6.07, 6.45) is 9.06. The molecular formula is C18H27NO2S2. The molecule has 3 aliphatic rings. The van der Waals surface area contributed by atoms with E-state index in [1.54, 1.807) is 0 Å². The Bertz CT molecular complexity index is 497. The van der Waals surface area contributed by atoms with Crippen molar-refractivity contribution < 1.29 is 9.53 Å². The third-order valence-corrected chi connectivity index (χ3v) is 9.17. The highest BCUT2D eigenvalue weighted by molar-refractivity contribution is 8.19. The van der Waals surface area contributed by atoms with Crippen LogP contribution in [0.4, 0.5) is 4.79 Å². The number of allylic oxidation sites excluding steroid dienone is 1. The van der Waals surface area contributed by atoms with Crippen LogP contribution in [-0.2, 0) is 4.74 Å². The summed E-state index contributed by atoms with van der Waals surface area (Å²) in [7, 11) is 0. The zero-order valence-electron chi connectivity index (χ0n) is 14.1. The predicted molar refractivity (Wildman–Crippen MR) is 99.7 cm³/mol. The van der Waals surface area contributed by atoms with Gasteiger partial charge >= 0.3 is 6.09 Å². The number of hydrogen-bond acceptors (Lipinski definition) is 4. The molecule has 3 heterocycles. The van der Waals surface area contributed by atoms with Crippen molar-refractivity contribution in [2.24, 2.45) is 5.92 Å². The maximum atomic E-state index is 12.5. The lowest BCUT2D eigenvalue weighted by Crippen LogP contribution is -2.46. The summed E-state index contributed by atoms with van der Waals surface area (Å²) in [5, 5.41) is 0. The van der Waals surface area contributed by atoms with Crippen molar-refractivity contribution in [3.63, 3.8) is 0 Å². The number of carbonyl (C=O) groups excluding carboxylic acids is 1. The van der Waals surface area contributed by atoms with E-state index in [9.17, 15) is 4.79 Å². The van der Waals surface area contributed by atoms with E-state index >= 15 is 0 Å². The van der Waals surface area contributed by atoms with Gasteiger partial charge in [-0.25, -0.2) is 4.79 Å². The van der Waals surface area contributed by atoms with E-state index in [4.69, 9.17) is 4.74 Å². The number of rotatable bonds is 3. The summed E-state index contributed by atoms with van der Waals surface area (Å²) in [6, 6.07) is 0.527. The normalized spacial score (nSPS) is 29.9. The maximum absolute atomic E-state index is 12.5. The third kappa shape index (κ3) is 3.07. The minimum absolute atomic E-state index is 0.120. The molecule has 0 unspecified atom stereocenters. The molecule has 2 bridgehead atoms. The van der Waals surface area contributed by atoms with Crippen LogP contribution in [0.5, 0.6) is 0 Å². The molecule has 0 saturated carbocycles. The van der Waals surface area contributed by atoms with Gasteiger partial charge in [0.25, 0.3) is 0 Å². The van der Waals surface area contributed by atoms with Gasteiger partial charge in [-0.15, -0.1) is 23.5 Å². The fraction of sp³-hybridized carbons (Fsp3) is 0.722. The molecular weight excluding hydrogens is 326 g/mol. The Hall–Kier alpha value is -0.550. The Balaban J connectivity index is 1.95. The van der Waals surface area contributed by atoms with Gasteiger partial charge in [-0.05, 0) is 55.1 Å². The van der Waals surface area contributed by atoms with Crippen molar-refractivity contribution in [2.75, 3.05) is 11.5 Å². The van der Waals surface area contributed by atoms with Gasteiger partial charge in [0, 0.05) is 6.04 Å². The molecule has 2 saturated heterocycles. The summed E-state index contributed by atoms with van der Waals surface area (Å²) in [5.74, 6) is 2.99. The highest BCUT2D eigenvalue weighted by atomic mass is 32.2. The summed E-state index contributed by atoms with van der Waals surface area (Å²) in [6.45, 7) is 8.21. The van der Waals surface area contributed by atoms with Gasteiger partial charge in [-0.3, -0.25) is 4.90 Å². The van der Waals surface area contributed by atoms with E-state index in [1.807, 2.05) is 4.90 Å². The Morgan fingerprint density at radius 3 is 2.78 bits per heavy atom. The highest BCUT2D eigenvalue weighted by Crippen LogP contribution is 2.56. The van der Waals surface area contributed by atoms with Crippen molar-refractivity contribution >= 4 is 29.6 Å². The number of thioether (sulfide) groups is 2. The lowest BCUT2D eigenvalue weighted by molar-refractivity contribution is 0.120. The molecule has 3 nitrogen and oxygen atoms in total. The second-order valence-electron chi connectivity index (χ2n) is 6.81. The first-order valence-corrected chi connectivity index (χ1v) is 10.7. The van der Waals surface area contributed by atoms with E-state index in [0.717, 1.165) is 25.7 Å². The summed E-state index contributed by atoms with van der Waals surface area (Å²) >= 11 is 4.19. The molecule has 2 fully saturated rings. The first-order chi connectivity index (χ1) is 11.1. The number of nitrogens with zero attached hydrogens (tertiary/aromatic N) is 1. The van der Waals surface area contributed by atoms with E-state index in [1.165, 1.54) is 29.8 Å². The Morgan fingerprint density at radius 1 is 1.39 bits per heavy atom. The molecule has 0 N–H and O–H groups in total. The number of hydrogen-bond donors (Lipinski definition) is 0. The average molecular weight is 354 g/mol. The van der Waals surface area contributed by atoms with Crippen molar-refractivity contribution in [2.45, 2.75) is 62.1 Å². The SMILES string of the molecule is C=COC(=O)N1[C@@H]2CCC=C(C3(C(C)C)SCCCS3)[C@H]1CC2. The highest BCUT2D eigenvalue weighted by Gasteiger charge is 2.49. The molecule has 0 radical (unpaired) electrons. The molecule has 0 spiro atoms. The topological polar surface area (TPSA) is 29.5 Å². The van der Waals surface area contributed by atoms with Gasteiger partial charge in [0.05, 0.1) is 16.4 Å². The molecule has 1 amide bonds. The predicted octanol–water partition coefficient (Wildman–Crippen LogP) is 5.04. The van der Waals surface area contributed by atoms with Crippen molar-refractivity contribution in [3.05, 3.63) is 24.5 Å². The molecule has 5 heteroatoms. The van der Waals surface area contributed by atoms with Gasteiger partial charge in [-0.2, -0.15) is 0 Å². The molecule has 0 aliphatic carbocycles. The first kappa shape index (κ1) is 17.3. The smallest absolute Gasteiger partial charge is 0.415 e. The lowest BCUT2D eigenvalue weighted by Gasteiger charge is -2.45. The van der Waals surface area contributed by atoms with E-state index in [0.29, 0.717) is 12.0 Å². The van der Waals surface area contributed by atoms with E-state index in [2.05, 4.69) is 50.0 Å². The number of fused-ring (bicyclic) bond motifs is 2. The fourth-order valence-electron chi connectivity index (χ4n) is 4.20. The summed E-state index contributed by atoms with van der Waals surface area (Å²) in [4.78, 5) is 14.5. The molecule has 23 heavy (non-hydrogen) atoms. The van der Waals surface area contributed by atoms with Crippen LogP contribution in [0.2, 0.25) is 0 Å². The van der Waals surface area contributed by atoms with Gasteiger partial charge in [0.2, 0.25) is 0 Å². The molecule has 0 aromatic heterocycles. The third-order valence-electron chi connectivity index (χ3n) is 5.20. The average Bonchev–Trinajstić information content (AvgIpc) is 2.84. The zero-order chi connectivity index (χ0) is 16.4. The van der Waals surface area contributed by atoms with Crippen LogP contribution in [0.3, 0.4) is 0 Å². The number of amides is 1. The Morgan fingerprint density at radius 2 is 2.13 bits per heavy atom. The Labute approximate surface area is 148 Å². The summed E-state index contributed by atoms with van der Waals surface area (Å²) in [5.41, 5.74) is 1.48. The van der Waals surface area contributed by atoms with Crippen molar-refractivity contribution in [1.82, 2.24) is 4.90 Å². The van der Waals surface area contributed by atoms with Gasteiger partial charge in [0.1, 0.15) is 0 Å². The molecule has 0 aromatic carbocycles. The fourth-order valence-corrected chi connectivity index (χ4v) is 7.84. The number of carbonyl (C=O) groups is 1. The van der Waals surface area contributed by atoms with Crippen LogP contribution >= 0.6 is 23.5 Å². The van der Waals surface area contributed by atoms with Crippen LogP contribution in [-0.4, -0.2) is 38.7 Å². The van der Waals surface area contributed by atoms with E-state index < -0.39 is 0 Å². The van der Waals surface area contributed by atoms with Crippen molar-refractivity contribution in [3.8, 4) is 0 Å².